The summed E-state index contributed by atoms with van der Waals surface area (Å²) in [7, 11) is 2.16. The van der Waals surface area contributed by atoms with Gasteiger partial charge in [-0.2, -0.15) is 0 Å². The first-order valence-corrected chi connectivity index (χ1v) is 10.2. The number of ether oxygens (including phenoxy) is 1. The largest absolute Gasteiger partial charge is 0.492 e. The quantitative estimate of drug-likeness (QED) is 0.656. The molecule has 3 aromatic rings. The molecular formula is C23H30N4O. The number of hydrogen-bond acceptors (Lipinski definition) is 4. The zero-order chi connectivity index (χ0) is 19.3. The van der Waals surface area contributed by atoms with Crippen LogP contribution in [0.25, 0.3) is 11.0 Å². The zero-order valence-corrected chi connectivity index (χ0v) is 16.9. The Bertz CT molecular complexity index is 897. The number of fused-ring (bicyclic) bond motifs is 1. The van der Waals surface area contributed by atoms with Crippen LogP contribution in [0.15, 0.2) is 42.6 Å². The van der Waals surface area contributed by atoms with Crippen molar-refractivity contribution in [2.45, 2.75) is 32.2 Å². The van der Waals surface area contributed by atoms with Crippen LogP contribution in [0.5, 0.6) is 5.75 Å². The molecule has 0 amide bonds. The number of piperidine rings is 1. The molecule has 1 saturated heterocycles. The van der Waals surface area contributed by atoms with Gasteiger partial charge in [0.1, 0.15) is 18.0 Å². The number of hydrogen-bond donors (Lipinski definition) is 2. The molecule has 1 aromatic carbocycles. The monoisotopic (exact) mass is 378 g/mol. The summed E-state index contributed by atoms with van der Waals surface area (Å²) in [6.45, 7) is 6.71. The highest BCUT2D eigenvalue weighted by Gasteiger charge is 2.23. The Morgan fingerprint density at radius 1 is 1.21 bits per heavy atom. The third-order valence-electron chi connectivity index (χ3n) is 5.61. The van der Waals surface area contributed by atoms with Crippen molar-refractivity contribution in [3.8, 4) is 5.75 Å². The Hall–Kier alpha value is -2.37. The van der Waals surface area contributed by atoms with Crippen LogP contribution in [0.1, 0.15) is 35.6 Å². The second-order valence-electron chi connectivity index (χ2n) is 7.86. The lowest BCUT2D eigenvalue weighted by Gasteiger charge is -2.24. The maximum absolute atomic E-state index is 5.91. The van der Waals surface area contributed by atoms with Gasteiger partial charge < -0.3 is 15.0 Å². The number of pyridine rings is 1. The van der Waals surface area contributed by atoms with E-state index >= 15 is 0 Å². The maximum atomic E-state index is 5.91. The third-order valence-corrected chi connectivity index (χ3v) is 5.61. The van der Waals surface area contributed by atoms with Gasteiger partial charge in [0.05, 0.1) is 0 Å². The number of nitrogens with zero attached hydrogens (tertiary/aromatic N) is 2. The van der Waals surface area contributed by atoms with Crippen LogP contribution < -0.4 is 10.1 Å². The van der Waals surface area contributed by atoms with Crippen LogP contribution in [0.2, 0.25) is 0 Å². The molecule has 1 fully saturated rings. The maximum Gasteiger partial charge on any atom is 0.137 e. The second-order valence-corrected chi connectivity index (χ2v) is 7.86. The molecule has 1 aliphatic rings. The molecule has 3 heterocycles. The molecule has 5 heteroatoms. The van der Waals surface area contributed by atoms with Gasteiger partial charge >= 0.3 is 0 Å². The van der Waals surface area contributed by atoms with Gasteiger partial charge in [-0.3, -0.25) is 4.90 Å². The Kier molecular flexibility index (Phi) is 5.93. The lowest BCUT2D eigenvalue weighted by Crippen LogP contribution is -2.30. The predicted molar refractivity (Wildman–Crippen MR) is 114 cm³/mol. The number of rotatable bonds is 7. The van der Waals surface area contributed by atoms with Gasteiger partial charge in [0.25, 0.3) is 0 Å². The summed E-state index contributed by atoms with van der Waals surface area (Å²) < 4.78 is 5.91. The van der Waals surface area contributed by atoms with Crippen molar-refractivity contribution < 1.29 is 4.74 Å². The molecule has 2 aromatic heterocycles. The number of benzene rings is 1. The van der Waals surface area contributed by atoms with E-state index in [0.717, 1.165) is 37.6 Å². The first-order valence-electron chi connectivity index (χ1n) is 10.2. The highest BCUT2D eigenvalue weighted by atomic mass is 16.5. The van der Waals surface area contributed by atoms with Crippen LogP contribution in [0.4, 0.5) is 0 Å². The van der Waals surface area contributed by atoms with E-state index in [9.17, 15) is 0 Å². The van der Waals surface area contributed by atoms with Gasteiger partial charge in [-0.25, -0.2) is 4.98 Å². The molecular weight excluding hydrogens is 348 g/mol. The molecule has 1 atom stereocenters. The number of nitrogens with one attached hydrogen (secondary N) is 2. The highest BCUT2D eigenvalue weighted by molar-refractivity contribution is 5.81. The Labute approximate surface area is 167 Å². The smallest absolute Gasteiger partial charge is 0.137 e. The number of aromatic nitrogens is 2. The van der Waals surface area contributed by atoms with Gasteiger partial charge in [0, 0.05) is 42.8 Å². The first-order chi connectivity index (χ1) is 13.7. The first kappa shape index (κ1) is 19.0. The molecule has 0 aliphatic carbocycles. The van der Waals surface area contributed by atoms with Crippen LogP contribution >= 0.6 is 0 Å². The Morgan fingerprint density at radius 3 is 2.86 bits per heavy atom. The minimum Gasteiger partial charge on any atom is -0.492 e. The average molecular weight is 379 g/mol. The normalized spacial score (nSPS) is 17.3. The fraction of sp³-hybridized carbons (Fsp3) is 0.435. The summed E-state index contributed by atoms with van der Waals surface area (Å²) in [5, 5.41) is 4.79. The number of H-pyrrole nitrogens is 1. The lowest BCUT2D eigenvalue weighted by molar-refractivity contribution is 0.232. The molecule has 5 nitrogen and oxygen atoms in total. The SMILES string of the molecule is Cc1ccc(OCCN(C)Cc2c(C3CCCNC3)[nH]c3ncccc23)cc1. The fourth-order valence-electron chi connectivity index (χ4n) is 4.02. The van der Waals surface area contributed by atoms with Crippen LogP contribution in [0.3, 0.4) is 0 Å². The molecule has 4 rings (SSSR count). The Balaban J connectivity index is 1.44. The van der Waals surface area contributed by atoms with Crippen LogP contribution in [-0.4, -0.2) is 48.2 Å². The van der Waals surface area contributed by atoms with Gasteiger partial charge in [0.2, 0.25) is 0 Å². The van der Waals surface area contributed by atoms with Crippen molar-refractivity contribution in [1.82, 2.24) is 20.2 Å². The summed E-state index contributed by atoms with van der Waals surface area (Å²) in [6, 6.07) is 12.5. The summed E-state index contributed by atoms with van der Waals surface area (Å²) >= 11 is 0. The van der Waals surface area contributed by atoms with E-state index in [0.29, 0.717) is 12.5 Å². The van der Waals surface area contributed by atoms with Crippen molar-refractivity contribution >= 4 is 11.0 Å². The van der Waals surface area contributed by atoms with Crippen molar-refractivity contribution in [1.29, 1.82) is 0 Å². The summed E-state index contributed by atoms with van der Waals surface area (Å²) in [6.07, 6.45) is 4.32. The topological polar surface area (TPSA) is 53.2 Å². The minimum atomic E-state index is 0.537. The van der Waals surface area contributed by atoms with E-state index in [1.165, 1.54) is 35.0 Å². The third kappa shape index (κ3) is 4.37. The summed E-state index contributed by atoms with van der Waals surface area (Å²) in [5.41, 5.74) is 4.99. The highest BCUT2D eigenvalue weighted by Crippen LogP contribution is 2.31. The molecule has 0 radical (unpaired) electrons. The van der Waals surface area contributed by atoms with Gasteiger partial charge in [-0.15, -0.1) is 0 Å². The van der Waals surface area contributed by atoms with E-state index in [-0.39, 0.29) is 0 Å². The number of aryl methyl sites for hydroxylation is 1. The zero-order valence-electron chi connectivity index (χ0n) is 16.9. The molecule has 1 unspecified atom stereocenters. The molecule has 2 N–H and O–H groups in total. The standard InChI is InChI=1S/C23H30N4O/c1-17-7-9-19(10-8-17)28-14-13-27(2)16-21-20-6-4-12-25-23(20)26-22(21)18-5-3-11-24-15-18/h4,6-10,12,18,24H,3,5,11,13-16H2,1-2H3,(H,25,26). The van der Waals surface area contributed by atoms with E-state index < -0.39 is 0 Å². The summed E-state index contributed by atoms with van der Waals surface area (Å²) in [5.74, 6) is 1.47. The molecule has 1 aliphatic heterocycles. The lowest BCUT2D eigenvalue weighted by atomic mass is 9.93. The Morgan fingerprint density at radius 2 is 2.07 bits per heavy atom. The van der Waals surface area contributed by atoms with Crippen LogP contribution in [-0.2, 0) is 6.54 Å². The molecule has 148 valence electrons. The van der Waals surface area contributed by atoms with E-state index in [4.69, 9.17) is 4.74 Å². The van der Waals surface area contributed by atoms with Crippen molar-refractivity contribution in [3.63, 3.8) is 0 Å². The number of likely N-dealkylation sites (N-methyl/N-ethyl adjacent to an activating group) is 1. The van der Waals surface area contributed by atoms with Gasteiger partial charge in [-0.1, -0.05) is 17.7 Å². The van der Waals surface area contributed by atoms with E-state index in [2.05, 4.69) is 52.4 Å². The van der Waals surface area contributed by atoms with Gasteiger partial charge in [-0.05, 0) is 63.2 Å². The van der Waals surface area contributed by atoms with Gasteiger partial charge in [0.15, 0.2) is 0 Å². The predicted octanol–water partition coefficient (Wildman–Crippen LogP) is 3.85. The fourth-order valence-corrected chi connectivity index (χ4v) is 4.02. The molecule has 0 saturated carbocycles. The van der Waals surface area contributed by atoms with Crippen molar-refractivity contribution in [3.05, 3.63) is 59.4 Å². The van der Waals surface area contributed by atoms with E-state index in [1.54, 1.807) is 0 Å². The second kappa shape index (κ2) is 8.76. The van der Waals surface area contributed by atoms with E-state index in [1.807, 2.05) is 24.4 Å². The molecule has 0 bridgehead atoms. The van der Waals surface area contributed by atoms with Crippen molar-refractivity contribution in [2.75, 3.05) is 33.3 Å². The minimum absolute atomic E-state index is 0.537. The number of aromatic amines is 1. The summed E-state index contributed by atoms with van der Waals surface area (Å²) in [4.78, 5) is 10.5. The van der Waals surface area contributed by atoms with Crippen molar-refractivity contribution in [2.24, 2.45) is 0 Å². The molecule has 28 heavy (non-hydrogen) atoms. The molecule has 0 spiro atoms. The van der Waals surface area contributed by atoms with Crippen LogP contribution in [0, 0.1) is 6.92 Å². The average Bonchev–Trinajstić information content (AvgIpc) is 3.09.